The van der Waals surface area contributed by atoms with Crippen LogP contribution in [-0.4, -0.2) is 43.9 Å². The zero-order chi connectivity index (χ0) is 21.2. The van der Waals surface area contributed by atoms with Crippen LogP contribution in [0.3, 0.4) is 0 Å². The minimum absolute atomic E-state index is 0.0153. The van der Waals surface area contributed by atoms with Gasteiger partial charge < -0.3 is 14.8 Å². The van der Waals surface area contributed by atoms with Gasteiger partial charge in [0.1, 0.15) is 0 Å². The molecule has 0 radical (unpaired) electrons. The number of aryl methyl sites for hydroxylation is 2. The van der Waals surface area contributed by atoms with Crippen LogP contribution in [0.4, 0.5) is 0 Å². The third kappa shape index (κ3) is 4.70. The van der Waals surface area contributed by atoms with Crippen molar-refractivity contribution in [2.24, 2.45) is 7.05 Å². The SMILES string of the molecule is Cc1nn(C)c(C)c1[C@H](C)NC(=O)CNS(=O)(=O)c1ccc2c(c1)OCCCO2. The van der Waals surface area contributed by atoms with Gasteiger partial charge in [-0.1, -0.05) is 0 Å². The number of fused-ring (bicyclic) bond motifs is 1. The number of nitrogens with zero attached hydrogens (tertiary/aromatic N) is 2. The molecule has 2 N–H and O–H groups in total. The number of carbonyl (C=O) groups excluding carboxylic acids is 1. The fourth-order valence-electron chi connectivity index (χ4n) is 3.34. The normalized spacial score (nSPS) is 14.9. The Balaban J connectivity index is 1.64. The van der Waals surface area contributed by atoms with E-state index >= 15 is 0 Å². The molecule has 2 heterocycles. The number of nitrogens with one attached hydrogen (secondary N) is 2. The molecule has 0 fully saturated rings. The lowest BCUT2D eigenvalue weighted by Crippen LogP contribution is -2.38. The van der Waals surface area contributed by atoms with E-state index in [1.807, 2.05) is 27.8 Å². The maximum atomic E-state index is 12.6. The van der Waals surface area contributed by atoms with Gasteiger partial charge in [-0.3, -0.25) is 9.48 Å². The molecule has 29 heavy (non-hydrogen) atoms. The molecule has 0 bridgehead atoms. The quantitative estimate of drug-likeness (QED) is 0.727. The number of hydrogen-bond donors (Lipinski definition) is 2. The van der Waals surface area contributed by atoms with Crippen LogP contribution in [0.15, 0.2) is 23.1 Å². The fourth-order valence-corrected chi connectivity index (χ4v) is 4.33. The summed E-state index contributed by atoms with van der Waals surface area (Å²) in [6.07, 6.45) is 0.725. The van der Waals surface area contributed by atoms with E-state index in [-0.39, 0.29) is 17.5 Å². The molecule has 0 aliphatic carbocycles. The van der Waals surface area contributed by atoms with Crippen molar-refractivity contribution in [3.8, 4) is 11.5 Å². The standard InChI is InChI=1S/C19H26N4O5S/c1-12(19-13(2)22-23(4)14(19)3)21-18(24)11-20-29(25,26)15-6-7-16-17(10-15)28-9-5-8-27-16/h6-7,10,12,20H,5,8-9,11H2,1-4H3,(H,21,24)/t12-/m0/s1. The van der Waals surface area contributed by atoms with Gasteiger partial charge in [0, 0.05) is 30.8 Å². The van der Waals surface area contributed by atoms with Crippen LogP contribution in [0.2, 0.25) is 0 Å². The van der Waals surface area contributed by atoms with Gasteiger partial charge in [-0.25, -0.2) is 13.1 Å². The zero-order valence-electron chi connectivity index (χ0n) is 17.0. The van der Waals surface area contributed by atoms with Gasteiger partial charge in [-0.15, -0.1) is 0 Å². The highest BCUT2D eigenvalue weighted by Crippen LogP contribution is 2.31. The van der Waals surface area contributed by atoms with Crippen molar-refractivity contribution >= 4 is 15.9 Å². The number of benzene rings is 1. The smallest absolute Gasteiger partial charge is 0.241 e. The first-order chi connectivity index (χ1) is 13.7. The average Bonchev–Trinajstić information content (AvgIpc) is 2.83. The summed E-state index contributed by atoms with van der Waals surface area (Å²) < 4.78 is 40.3. The number of rotatable bonds is 6. The highest BCUT2D eigenvalue weighted by atomic mass is 32.2. The van der Waals surface area contributed by atoms with Crippen LogP contribution in [0.1, 0.15) is 36.3 Å². The van der Waals surface area contributed by atoms with E-state index in [0.717, 1.165) is 23.4 Å². The van der Waals surface area contributed by atoms with Crippen LogP contribution >= 0.6 is 0 Å². The van der Waals surface area contributed by atoms with E-state index in [4.69, 9.17) is 9.47 Å². The lowest BCUT2D eigenvalue weighted by atomic mass is 10.1. The van der Waals surface area contributed by atoms with Crippen molar-refractivity contribution in [3.05, 3.63) is 35.2 Å². The van der Waals surface area contributed by atoms with Crippen molar-refractivity contribution < 1.29 is 22.7 Å². The number of ether oxygens (including phenoxy) is 2. The molecule has 9 nitrogen and oxygen atoms in total. The number of aromatic nitrogens is 2. The van der Waals surface area contributed by atoms with Crippen LogP contribution in [0.25, 0.3) is 0 Å². The van der Waals surface area contributed by atoms with Crippen LogP contribution in [-0.2, 0) is 21.9 Å². The molecule has 158 valence electrons. The van der Waals surface area contributed by atoms with Gasteiger partial charge >= 0.3 is 0 Å². The van der Waals surface area contributed by atoms with Crippen molar-refractivity contribution in [1.29, 1.82) is 0 Å². The minimum Gasteiger partial charge on any atom is -0.490 e. The van der Waals surface area contributed by atoms with E-state index < -0.39 is 15.9 Å². The predicted molar refractivity (Wildman–Crippen MR) is 106 cm³/mol. The number of hydrogen-bond acceptors (Lipinski definition) is 6. The topological polar surface area (TPSA) is 112 Å². The average molecular weight is 423 g/mol. The maximum Gasteiger partial charge on any atom is 0.241 e. The first kappa shape index (κ1) is 21.1. The maximum absolute atomic E-state index is 12.6. The summed E-state index contributed by atoms with van der Waals surface area (Å²) in [5.41, 5.74) is 2.69. The molecule has 1 aliphatic rings. The number of sulfonamides is 1. The summed E-state index contributed by atoms with van der Waals surface area (Å²) in [4.78, 5) is 12.3. The summed E-state index contributed by atoms with van der Waals surface area (Å²) >= 11 is 0. The second-order valence-corrected chi connectivity index (χ2v) is 8.75. The van der Waals surface area contributed by atoms with Gasteiger partial charge in [0.05, 0.1) is 36.4 Å². The molecular weight excluding hydrogens is 396 g/mol. The van der Waals surface area contributed by atoms with E-state index in [0.29, 0.717) is 24.7 Å². The summed E-state index contributed by atoms with van der Waals surface area (Å²) in [7, 11) is -2.04. The summed E-state index contributed by atoms with van der Waals surface area (Å²) in [6.45, 7) is 6.23. The third-order valence-corrected chi connectivity index (χ3v) is 6.23. The molecule has 1 amide bonds. The van der Waals surface area contributed by atoms with Crippen molar-refractivity contribution in [1.82, 2.24) is 19.8 Å². The van der Waals surface area contributed by atoms with E-state index in [1.54, 1.807) is 10.7 Å². The zero-order valence-corrected chi connectivity index (χ0v) is 17.8. The molecule has 0 saturated carbocycles. The van der Waals surface area contributed by atoms with Crippen molar-refractivity contribution in [2.75, 3.05) is 19.8 Å². The van der Waals surface area contributed by atoms with E-state index in [2.05, 4.69) is 15.1 Å². The second kappa shape index (κ2) is 8.42. The monoisotopic (exact) mass is 422 g/mol. The number of amides is 1. The molecular formula is C19H26N4O5S. The summed E-state index contributed by atoms with van der Waals surface area (Å²) in [5, 5.41) is 7.15. The van der Waals surface area contributed by atoms with E-state index in [9.17, 15) is 13.2 Å². The lowest BCUT2D eigenvalue weighted by Gasteiger charge is -2.15. The van der Waals surface area contributed by atoms with Gasteiger partial charge in [-0.05, 0) is 32.9 Å². The molecule has 10 heteroatoms. The summed E-state index contributed by atoms with van der Waals surface area (Å²) in [6, 6.07) is 4.11. The largest absolute Gasteiger partial charge is 0.490 e. The molecule has 0 unspecified atom stereocenters. The Labute approximate surface area is 170 Å². The molecule has 1 aromatic heterocycles. The van der Waals surface area contributed by atoms with Gasteiger partial charge in [0.15, 0.2) is 11.5 Å². The second-order valence-electron chi connectivity index (χ2n) is 6.98. The minimum atomic E-state index is -3.88. The van der Waals surface area contributed by atoms with E-state index in [1.165, 1.54) is 12.1 Å². The predicted octanol–water partition coefficient (Wildman–Crippen LogP) is 1.35. The van der Waals surface area contributed by atoms with Crippen LogP contribution < -0.4 is 19.5 Å². The van der Waals surface area contributed by atoms with Crippen LogP contribution in [0, 0.1) is 13.8 Å². The van der Waals surface area contributed by atoms with Gasteiger partial charge in [-0.2, -0.15) is 5.10 Å². The molecule has 2 aromatic rings. The Hall–Kier alpha value is -2.59. The Kier molecular flexibility index (Phi) is 6.13. The first-order valence-electron chi connectivity index (χ1n) is 9.38. The Morgan fingerprint density at radius 3 is 2.59 bits per heavy atom. The Morgan fingerprint density at radius 1 is 1.24 bits per heavy atom. The van der Waals surface area contributed by atoms with Gasteiger partial charge in [0.2, 0.25) is 15.9 Å². The molecule has 1 atom stereocenters. The Morgan fingerprint density at radius 2 is 1.93 bits per heavy atom. The summed E-state index contributed by atoms with van der Waals surface area (Å²) in [5.74, 6) is 0.458. The van der Waals surface area contributed by atoms with Gasteiger partial charge in [0.25, 0.3) is 0 Å². The molecule has 3 rings (SSSR count). The van der Waals surface area contributed by atoms with Crippen molar-refractivity contribution in [2.45, 2.75) is 38.1 Å². The molecule has 0 spiro atoms. The molecule has 1 aromatic carbocycles. The molecule has 0 saturated heterocycles. The third-order valence-electron chi connectivity index (χ3n) is 4.83. The van der Waals surface area contributed by atoms with Crippen molar-refractivity contribution in [3.63, 3.8) is 0 Å². The lowest BCUT2D eigenvalue weighted by molar-refractivity contribution is -0.120. The molecule has 1 aliphatic heterocycles. The first-order valence-corrected chi connectivity index (χ1v) is 10.9. The van der Waals surface area contributed by atoms with Crippen LogP contribution in [0.5, 0.6) is 11.5 Å². The highest BCUT2D eigenvalue weighted by Gasteiger charge is 2.22. The fraction of sp³-hybridized carbons (Fsp3) is 0.474. The highest BCUT2D eigenvalue weighted by molar-refractivity contribution is 7.89. The Bertz CT molecular complexity index is 1020. The number of carbonyl (C=O) groups is 1.